The first-order valence-electron chi connectivity index (χ1n) is 7.09. The number of hydrogen-bond acceptors (Lipinski definition) is 6. The van der Waals surface area contributed by atoms with Gasteiger partial charge in [0, 0.05) is 11.8 Å². The van der Waals surface area contributed by atoms with Crippen LogP contribution in [0.15, 0.2) is 16.0 Å². The lowest BCUT2D eigenvalue weighted by atomic mass is 10.1. The summed E-state index contributed by atoms with van der Waals surface area (Å²) >= 11 is 1.26. The van der Waals surface area contributed by atoms with Gasteiger partial charge >= 0.3 is 0 Å². The summed E-state index contributed by atoms with van der Waals surface area (Å²) in [6, 6.07) is 1.20. The topological polar surface area (TPSA) is 85.1 Å². The van der Waals surface area contributed by atoms with E-state index < -0.39 is 0 Å². The second kappa shape index (κ2) is 6.83. The van der Waals surface area contributed by atoms with E-state index in [2.05, 4.69) is 29.3 Å². The van der Waals surface area contributed by atoms with Gasteiger partial charge in [-0.2, -0.15) is 4.98 Å². The fourth-order valence-corrected chi connectivity index (χ4v) is 2.66. The molecule has 1 N–H and O–H groups in total. The van der Waals surface area contributed by atoms with Crippen molar-refractivity contribution in [1.29, 1.82) is 0 Å². The standard InChI is InChI=1S/C15H19N3O3S/c1-8(2)5-13-17-15(21-18-13)9(3)16-14(20)11-6-12(10(4)19)22-7-11/h6-9H,5H2,1-4H3,(H,16,20). The fraction of sp³-hybridized carbons (Fsp3) is 0.467. The second-order valence-corrected chi connectivity index (χ2v) is 6.51. The maximum atomic E-state index is 12.1. The van der Waals surface area contributed by atoms with Crippen LogP contribution in [0.4, 0.5) is 0 Å². The number of carbonyl (C=O) groups excluding carboxylic acids is 2. The molecule has 2 aromatic heterocycles. The normalized spacial score (nSPS) is 12.4. The average Bonchev–Trinajstić information content (AvgIpc) is 3.06. The third kappa shape index (κ3) is 4.00. The Morgan fingerprint density at radius 3 is 2.68 bits per heavy atom. The van der Waals surface area contributed by atoms with E-state index in [0.29, 0.717) is 28.1 Å². The molecule has 6 nitrogen and oxygen atoms in total. The van der Waals surface area contributed by atoms with Crippen LogP contribution < -0.4 is 5.32 Å². The number of nitrogens with one attached hydrogen (secondary N) is 1. The molecule has 0 aromatic carbocycles. The van der Waals surface area contributed by atoms with Crippen LogP contribution in [0.2, 0.25) is 0 Å². The molecule has 0 fully saturated rings. The molecule has 0 spiro atoms. The minimum atomic E-state index is -0.387. The Hall–Kier alpha value is -2.02. The van der Waals surface area contributed by atoms with Crippen LogP contribution in [-0.4, -0.2) is 21.8 Å². The summed E-state index contributed by atoms with van der Waals surface area (Å²) in [6.45, 7) is 7.41. The lowest BCUT2D eigenvalue weighted by Gasteiger charge is -2.08. The predicted molar refractivity (Wildman–Crippen MR) is 83.0 cm³/mol. The highest BCUT2D eigenvalue weighted by Crippen LogP contribution is 2.17. The van der Waals surface area contributed by atoms with Gasteiger partial charge in [-0.3, -0.25) is 9.59 Å². The summed E-state index contributed by atoms with van der Waals surface area (Å²) < 4.78 is 5.18. The van der Waals surface area contributed by atoms with Crippen LogP contribution in [0.1, 0.15) is 65.5 Å². The van der Waals surface area contributed by atoms with Crippen molar-refractivity contribution in [2.75, 3.05) is 0 Å². The average molecular weight is 321 g/mol. The van der Waals surface area contributed by atoms with Crippen LogP contribution in [0.5, 0.6) is 0 Å². The van der Waals surface area contributed by atoms with Crippen LogP contribution >= 0.6 is 11.3 Å². The molecule has 0 bridgehead atoms. The summed E-state index contributed by atoms with van der Waals surface area (Å²) in [5, 5.41) is 8.36. The minimum Gasteiger partial charge on any atom is -0.340 e. The molecule has 1 unspecified atom stereocenters. The summed E-state index contributed by atoms with van der Waals surface area (Å²) in [7, 11) is 0. The number of carbonyl (C=O) groups is 2. The third-order valence-corrected chi connectivity index (χ3v) is 4.03. The molecular weight excluding hydrogens is 302 g/mol. The van der Waals surface area contributed by atoms with Crippen LogP contribution in [0.25, 0.3) is 0 Å². The lowest BCUT2D eigenvalue weighted by molar-refractivity contribution is 0.0933. The first-order valence-corrected chi connectivity index (χ1v) is 7.97. The van der Waals surface area contributed by atoms with E-state index in [4.69, 9.17) is 4.52 Å². The quantitative estimate of drug-likeness (QED) is 0.827. The zero-order valence-corrected chi connectivity index (χ0v) is 13.9. The molecular formula is C15H19N3O3S. The van der Waals surface area contributed by atoms with Crippen molar-refractivity contribution < 1.29 is 14.1 Å². The Morgan fingerprint density at radius 2 is 2.09 bits per heavy atom. The number of ketones is 1. The van der Waals surface area contributed by atoms with Crippen molar-refractivity contribution >= 4 is 23.0 Å². The maximum Gasteiger partial charge on any atom is 0.252 e. The van der Waals surface area contributed by atoms with E-state index in [-0.39, 0.29) is 17.7 Å². The summed E-state index contributed by atoms with van der Waals surface area (Å²) in [5.74, 6) is 1.14. The number of Topliss-reactive ketones (excluding diaryl/α,β-unsaturated/α-hetero) is 1. The molecule has 0 saturated carbocycles. The molecule has 118 valence electrons. The zero-order valence-electron chi connectivity index (χ0n) is 13.0. The first kappa shape index (κ1) is 16.4. The summed E-state index contributed by atoms with van der Waals surface area (Å²) in [6.07, 6.45) is 0.733. The Bertz CT molecular complexity index is 675. The van der Waals surface area contributed by atoms with Gasteiger partial charge in [-0.1, -0.05) is 19.0 Å². The molecule has 1 amide bonds. The number of nitrogens with zero attached hydrogens (tertiary/aromatic N) is 2. The number of aromatic nitrogens is 2. The lowest BCUT2D eigenvalue weighted by Crippen LogP contribution is -2.26. The number of amides is 1. The van der Waals surface area contributed by atoms with E-state index in [0.717, 1.165) is 6.42 Å². The van der Waals surface area contributed by atoms with Gasteiger partial charge in [0.25, 0.3) is 5.91 Å². The van der Waals surface area contributed by atoms with Gasteiger partial charge in [0.05, 0.1) is 10.4 Å². The van der Waals surface area contributed by atoms with Crippen LogP contribution in [0, 0.1) is 5.92 Å². The first-order chi connectivity index (χ1) is 10.4. The van der Waals surface area contributed by atoms with E-state index in [1.165, 1.54) is 18.3 Å². The van der Waals surface area contributed by atoms with Crippen molar-refractivity contribution in [3.05, 3.63) is 33.6 Å². The van der Waals surface area contributed by atoms with Crippen molar-refractivity contribution in [2.45, 2.75) is 40.2 Å². The Balaban J connectivity index is 2.01. The Kier molecular flexibility index (Phi) is 5.07. The van der Waals surface area contributed by atoms with Gasteiger partial charge in [0.1, 0.15) is 6.04 Å². The molecule has 0 aliphatic heterocycles. The van der Waals surface area contributed by atoms with Crippen molar-refractivity contribution in [3.63, 3.8) is 0 Å². The molecule has 0 aliphatic carbocycles. The fourth-order valence-electron chi connectivity index (χ4n) is 1.87. The highest BCUT2D eigenvalue weighted by atomic mass is 32.1. The number of thiophene rings is 1. The molecule has 0 aliphatic rings. The number of hydrogen-bond donors (Lipinski definition) is 1. The maximum absolute atomic E-state index is 12.1. The van der Waals surface area contributed by atoms with E-state index in [1.54, 1.807) is 18.4 Å². The van der Waals surface area contributed by atoms with E-state index in [9.17, 15) is 9.59 Å². The Labute approximate surface area is 132 Å². The largest absolute Gasteiger partial charge is 0.340 e. The van der Waals surface area contributed by atoms with Gasteiger partial charge in [0.15, 0.2) is 11.6 Å². The molecule has 0 saturated heterocycles. The molecule has 7 heteroatoms. The molecule has 1 atom stereocenters. The van der Waals surface area contributed by atoms with Gasteiger partial charge in [-0.15, -0.1) is 11.3 Å². The molecule has 22 heavy (non-hydrogen) atoms. The Morgan fingerprint density at radius 1 is 1.36 bits per heavy atom. The van der Waals surface area contributed by atoms with Gasteiger partial charge in [0.2, 0.25) is 5.89 Å². The van der Waals surface area contributed by atoms with Gasteiger partial charge < -0.3 is 9.84 Å². The summed E-state index contributed by atoms with van der Waals surface area (Å²) in [4.78, 5) is 28.3. The van der Waals surface area contributed by atoms with E-state index >= 15 is 0 Å². The monoisotopic (exact) mass is 321 g/mol. The highest BCUT2D eigenvalue weighted by Gasteiger charge is 2.19. The summed E-state index contributed by atoms with van der Waals surface area (Å²) in [5.41, 5.74) is 0.462. The molecule has 0 radical (unpaired) electrons. The van der Waals surface area contributed by atoms with Crippen molar-refractivity contribution in [1.82, 2.24) is 15.5 Å². The van der Waals surface area contributed by atoms with Crippen LogP contribution in [-0.2, 0) is 6.42 Å². The van der Waals surface area contributed by atoms with Crippen LogP contribution in [0.3, 0.4) is 0 Å². The molecule has 2 aromatic rings. The van der Waals surface area contributed by atoms with E-state index in [1.807, 2.05) is 0 Å². The SMILES string of the molecule is CC(=O)c1cc(C(=O)NC(C)c2nc(CC(C)C)no2)cs1. The molecule has 2 heterocycles. The molecule has 2 rings (SSSR count). The van der Waals surface area contributed by atoms with Gasteiger partial charge in [-0.05, 0) is 25.8 Å². The van der Waals surface area contributed by atoms with Gasteiger partial charge in [-0.25, -0.2) is 0 Å². The second-order valence-electron chi connectivity index (χ2n) is 5.60. The van der Waals surface area contributed by atoms with Crippen molar-refractivity contribution in [3.8, 4) is 0 Å². The zero-order chi connectivity index (χ0) is 16.3. The smallest absolute Gasteiger partial charge is 0.252 e. The highest BCUT2D eigenvalue weighted by molar-refractivity contribution is 7.12. The minimum absolute atomic E-state index is 0.0488. The van der Waals surface area contributed by atoms with Crippen molar-refractivity contribution in [2.24, 2.45) is 5.92 Å². The third-order valence-electron chi connectivity index (χ3n) is 3.00. The predicted octanol–water partition coefficient (Wildman–Crippen LogP) is 3.02. The number of rotatable bonds is 6.